The predicted molar refractivity (Wildman–Crippen MR) is 92.8 cm³/mol. The summed E-state index contributed by atoms with van der Waals surface area (Å²) in [6, 6.07) is 3.76. The van der Waals surface area contributed by atoms with Gasteiger partial charge in [-0.3, -0.25) is 0 Å². The van der Waals surface area contributed by atoms with Crippen LogP contribution in [0, 0.1) is 0 Å². The van der Waals surface area contributed by atoms with E-state index in [1.54, 1.807) is 6.07 Å². The van der Waals surface area contributed by atoms with Crippen LogP contribution < -0.4 is 5.32 Å². The Morgan fingerprint density at radius 2 is 2.00 bits per heavy atom. The molecule has 2 rings (SSSR count). The minimum absolute atomic E-state index is 0.219. The van der Waals surface area contributed by atoms with Crippen LogP contribution in [0.1, 0.15) is 63.9 Å². The zero-order valence-corrected chi connectivity index (χ0v) is 14.3. The van der Waals surface area contributed by atoms with E-state index in [4.69, 9.17) is 16.3 Å². The van der Waals surface area contributed by atoms with Gasteiger partial charge in [-0.1, -0.05) is 50.6 Å². The Morgan fingerprint density at radius 1 is 1.23 bits per heavy atom. The number of rotatable bonds is 8. The maximum absolute atomic E-state index is 10.1. The van der Waals surface area contributed by atoms with Crippen molar-refractivity contribution in [3.63, 3.8) is 0 Å². The first-order chi connectivity index (χ1) is 10.7. The van der Waals surface area contributed by atoms with Gasteiger partial charge in [-0.25, -0.2) is 0 Å². The third-order valence-corrected chi connectivity index (χ3v) is 4.63. The second-order valence-electron chi connectivity index (χ2n) is 6.17. The molecule has 0 amide bonds. The number of unbranched alkanes of at least 4 members (excludes halogenated alkanes) is 2. The van der Waals surface area contributed by atoms with Crippen LogP contribution in [0.4, 0.5) is 5.69 Å². The number of aryl methyl sites for hydroxylation is 1. The van der Waals surface area contributed by atoms with Gasteiger partial charge in [0.2, 0.25) is 0 Å². The number of benzene rings is 1. The van der Waals surface area contributed by atoms with Crippen molar-refractivity contribution in [3.8, 4) is 5.75 Å². The maximum atomic E-state index is 10.1. The lowest BCUT2D eigenvalue weighted by molar-refractivity contribution is 0.0400. The molecule has 1 aromatic carbocycles. The van der Waals surface area contributed by atoms with E-state index >= 15 is 0 Å². The molecule has 2 N–H and O–H groups in total. The second kappa shape index (κ2) is 9.26. The quantitative estimate of drug-likeness (QED) is 0.377. The van der Waals surface area contributed by atoms with Gasteiger partial charge >= 0.3 is 0 Å². The fourth-order valence-electron chi connectivity index (χ4n) is 2.99. The minimum atomic E-state index is 0.219. The maximum Gasteiger partial charge on any atom is 0.137 e. The zero-order valence-electron chi connectivity index (χ0n) is 13.5. The van der Waals surface area contributed by atoms with Crippen molar-refractivity contribution in [1.29, 1.82) is 0 Å². The number of halogens is 1. The average molecular weight is 326 g/mol. The highest BCUT2D eigenvalue weighted by molar-refractivity contribution is 6.32. The van der Waals surface area contributed by atoms with Crippen LogP contribution in [0.2, 0.25) is 5.02 Å². The minimum Gasteiger partial charge on any atom is -0.506 e. The molecule has 1 aromatic rings. The Kier molecular flexibility index (Phi) is 7.34. The molecule has 124 valence electrons. The summed E-state index contributed by atoms with van der Waals surface area (Å²) in [6.07, 6.45) is 10.9. The van der Waals surface area contributed by atoms with Gasteiger partial charge in [-0.05, 0) is 43.4 Å². The number of hydrogen-bond donors (Lipinski definition) is 2. The van der Waals surface area contributed by atoms with Gasteiger partial charge in [-0.2, -0.15) is 0 Å². The van der Waals surface area contributed by atoms with Crippen LogP contribution in [0.3, 0.4) is 0 Å². The summed E-state index contributed by atoms with van der Waals surface area (Å²) in [5, 5.41) is 13.7. The van der Waals surface area contributed by atoms with Crippen molar-refractivity contribution in [3.05, 3.63) is 22.7 Å². The molecule has 4 heteroatoms. The fourth-order valence-corrected chi connectivity index (χ4v) is 3.23. The Morgan fingerprint density at radius 3 is 2.73 bits per heavy atom. The molecule has 0 aliphatic heterocycles. The lowest BCUT2D eigenvalue weighted by Crippen LogP contribution is -2.20. The molecule has 0 radical (unpaired) electrons. The van der Waals surface area contributed by atoms with Crippen LogP contribution in [-0.2, 0) is 11.2 Å². The molecule has 0 atom stereocenters. The molecule has 1 saturated carbocycles. The Labute approximate surface area is 139 Å². The Bertz CT molecular complexity index is 459. The number of nitrogens with one attached hydrogen (secondary N) is 1. The molecule has 3 nitrogen and oxygen atoms in total. The summed E-state index contributed by atoms with van der Waals surface area (Å²) in [7, 11) is 0. The highest BCUT2D eigenvalue weighted by Gasteiger charge is 2.13. The highest BCUT2D eigenvalue weighted by Crippen LogP contribution is 2.32. The average Bonchev–Trinajstić information content (AvgIpc) is 2.53. The topological polar surface area (TPSA) is 41.5 Å². The third-order valence-electron chi connectivity index (χ3n) is 4.34. The van der Waals surface area contributed by atoms with Crippen molar-refractivity contribution in [2.24, 2.45) is 0 Å². The molecule has 1 aliphatic carbocycles. The highest BCUT2D eigenvalue weighted by atomic mass is 35.5. The normalized spacial score (nSPS) is 15.9. The molecule has 0 unspecified atom stereocenters. The first kappa shape index (κ1) is 17.4. The summed E-state index contributed by atoms with van der Waals surface area (Å²) in [5.74, 6) is 0.219. The smallest absolute Gasteiger partial charge is 0.137 e. The molecule has 0 heterocycles. The van der Waals surface area contributed by atoms with Gasteiger partial charge in [0.15, 0.2) is 0 Å². The van der Waals surface area contributed by atoms with Crippen LogP contribution in [0.25, 0.3) is 0 Å². The molecular formula is C18H28ClNO2. The summed E-state index contributed by atoms with van der Waals surface area (Å²) < 4.78 is 5.88. The van der Waals surface area contributed by atoms with Gasteiger partial charge in [0.05, 0.1) is 11.1 Å². The monoisotopic (exact) mass is 325 g/mol. The molecule has 0 saturated heterocycles. The van der Waals surface area contributed by atoms with Crippen LogP contribution >= 0.6 is 11.6 Å². The molecular weight excluding hydrogens is 298 g/mol. The van der Waals surface area contributed by atoms with Crippen LogP contribution in [0.15, 0.2) is 12.1 Å². The summed E-state index contributed by atoms with van der Waals surface area (Å²) >= 11 is 6.13. The van der Waals surface area contributed by atoms with Crippen molar-refractivity contribution >= 4 is 17.3 Å². The molecule has 22 heavy (non-hydrogen) atoms. The van der Waals surface area contributed by atoms with Crippen molar-refractivity contribution < 1.29 is 9.84 Å². The summed E-state index contributed by atoms with van der Waals surface area (Å²) in [6.45, 7) is 2.67. The first-order valence-electron chi connectivity index (χ1n) is 8.57. The van der Waals surface area contributed by atoms with Gasteiger partial charge < -0.3 is 15.2 Å². The van der Waals surface area contributed by atoms with E-state index in [0.717, 1.165) is 24.1 Å². The van der Waals surface area contributed by atoms with E-state index in [2.05, 4.69) is 12.2 Å². The Hall–Kier alpha value is -0.930. The SMILES string of the molecule is CCCCCc1cc(NCOC2CCCCC2)cc(Cl)c1O. The van der Waals surface area contributed by atoms with Gasteiger partial charge in [-0.15, -0.1) is 0 Å². The number of aromatic hydroxyl groups is 1. The molecule has 0 spiro atoms. The van der Waals surface area contributed by atoms with Crippen molar-refractivity contribution in [1.82, 2.24) is 0 Å². The predicted octanol–water partition coefficient (Wildman–Crippen LogP) is 5.50. The lowest BCUT2D eigenvalue weighted by atomic mass is 9.98. The largest absolute Gasteiger partial charge is 0.506 e. The lowest BCUT2D eigenvalue weighted by Gasteiger charge is -2.22. The third kappa shape index (κ3) is 5.36. The Balaban J connectivity index is 1.86. The number of hydrogen-bond acceptors (Lipinski definition) is 3. The van der Waals surface area contributed by atoms with Crippen LogP contribution in [0.5, 0.6) is 5.75 Å². The molecule has 0 bridgehead atoms. The van der Waals surface area contributed by atoms with E-state index < -0.39 is 0 Å². The number of anilines is 1. The molecule has 0 aromatic heterocycles. The fraction of sp³-hybridized carbons (Fsp3) is 0.667. The van der Waals surface area contributed by atoms with E-state index in [9.17, 15) is 5.11 Å². The standard InChI is InChI=1S/C18H28ClNO2/c1-2-3-5-8-14-11-15(12-17(19)18(14)21)20-13-22-16-9-6-4-7-10-16/h11-12,16,20-21H,2-10,13H2,1H3. The number of ether oxygens (including phenoxy) is 1. The zero-order chi connectivity index (χ0) is 15.8. The van der Waals surface area contributed by atoms with E-state index in [1.807, 2.05) is 6.07 Å². The van der Waals surface area contributed by atoms with Crippen LogP contribution in [-0.4, -0.2) is 17.9 Å². The van der Waals surface area contributed by atoms with E-state index in [1.165, 1.54) is 44.9 Å². The van der Waals surface area contributed by atoms with E-state index in [0.29, 0.717) is 17.9 Å². The summed E-state index contributed by atoms with van der Waals surface area (Å²) in [5.41, 5.74) is 1.84. The first-order valence-corrected chi connectivity index (χ1v) is 8.95. The van der Waals surface area contributed by atoms with Gasteiger partial charge in [0, 0.05) is 5.69 Å². The van der Waals surface area contributed by atoms with Crippen molar-refractivity contribution in [2.45, 2.75) is 70.8 Å². The van der Waals surface area contributed by atoms with E-state index in [-0.39, 0.29) is 5.75 Å². The van der Waals surface area contributed by atoms with Crippen molar-refractivity contribution in [2.75, 3.05) is 12.0 Å². The van der Waals surface area contributed by atoms with Gasteiger partial charge in [0.25, 0.3) is 0 Å². The number of phenols is 1. The molecule has 1 fully saturated rings. The summed E-state index contributed by atoms with van der Waals surface area (Å²) in [4.78, 5) is 0. The molecule has 1 aliphatic rings. The second-order valence-corrected chi connectivity index (χ2v) is 6.58. The van der Waals surface area contributed by atoms with Gasteiger partial charge in [0.1, 0.15) is 12.5 Å². The number of phenolic OH excluding ortho intramolecular Hbond substituents is 1.